The second-order valence-electron chi connectivity index (χ2n) is 4.84. The fraction of sp³-hybridized carbons (Fsp3) is 0.857. The van der Waals surface area contributed by atoms with E-state index < -0.39 is 0 Å². The summed E-state index contributed by atoms with van der Waals surface area (Å²) in [5.74, 6) is 0. The molecular formula is C14H30. The molecule has 0 aromatic rings. The predicted molar refractivity (Wildman–Crippen MR) is 68.7 cm³/mol. The van der Waals surface area contributed by atoms with Crippen LogP contribution in [0, 0.1) is 5.41 Å². The van der Waals surface area contributed by atoms with Crippen LogP contribution in [0.2, 0.25) is 0 Å². The highest BCUT2D eigenvalue weighted by Gasteiger charge is 2.30. The smallest absolute Gasteiger partial charge is 0.0354 e. The molecular weight excluding hydrogens is 168 g/mol. The summed E-state index contributed by atoms with van der Waals surface area (Å²) in [6, 6.07) is 0. The fourth-order valence-corrected chi connectivity index (χ4v) is 0.250. The van der Waals surface area contributed by atoms with Crippen molar-refractivity contribution in [2.75, 3.05) is 0 Å². The molecule has 0 amide bonds. The van der Waals surface area contributed by atoms with Crippen molar-refractivity contribution in [3.8, 4) is 0 Å². The number of rotatable bonds is 0. The van der Waals surface area contributed by atoms with Gasteiger partial charge in [-0.3, -0.25) is 0 Å². The Morgan fingerprint density at radius 3 is 1.21 bits per heavy atom. The first-order valence-corrected chi connectivity index (χ1v) is 6.11. The molecule has 0 aromatic heterocycles. The highest BCUT2D eigenvalue weighted by Crippen LogP contribution is 2.43. The van der Waals surface area contributed by atoms with Crippen LogP contribution in [-0.2, 0) is 0 Å². The zero-order valence-corrected chi connectivity index (χ0v) is 11.0. The molecule has 2 aliphatic carbocycles. The second-order valence-corrected chi connectivity index (χ2v) is 4.84. The first-order chi connectivity index (χ1) is 6.54. The van der Waals surface area contributed by atoms with Crippen molar-refractivity contribution in [3.05, 3.63) is 12.7 Å². The molecule has 0 heterocycles. The molecule has 2 aliphatic rings. The maximum absolute atomic E-state index is 3.36. The third kappa shape index (κ3) is 41.1. The first kappa shape index (κ1) is 16.2. The maximum Gasteiger partial charge on any atom is -0.0354 e. The molecule has 0 N–H and O–H groups in total. The van der Waals surface area contributed by atoms with Gasteiger partial charge in [0.1, 0.15) is 0 Å². The number of allylic oxidation sites excluding steroid dienone is 1. The summed E-state index contributed by atoms with van der Waals surface area (Å²) in [7, 11) is 0. The third-order valence-corrected chi connectivity index (χ3v) is 1.60. The zero-order valence-electron chi connectivity index (χ0n) is 11.0. The van der Waals surface area contributed by atoms with E-state index in [0.717, 1.165) is 5.41 Å². The van der Waals surface area contributed by atoms with Crippen LogP contribution in [0.25, 0.3) is 0 Å². The monoisotopic (exact) mass is 198 g/mol. The largest absolute Gasteiger partial charge is 0.103 e. The molecule has 2 saturated carbocycles. The molecule has 2 rings (SSSR count). The molecule has 86 valence electrons. The molecule has 0 nitrogen and oxygen atoms in total. The average Bonchev–Trinajstić information content (AvgIpc) is 2.89. The van der Waals surface area contributed by atoms with Gasteiger partial charge in [-0.15, -0.1) is 6.58 Å². The van der Waals surface area contributed by atoms with Gasteiger partial charge in [-0.1, -0.05) is 59.5 Å². The molecule has 0 atom stereocenters. The van der Waals surface area contributed by atoms with Crippen LogP contribution in [0.5, 0.6) is 0 Å². The van der Waals surface area contributed by atoms with Crippen molar-refractivity contribution in [2.45, 2.75) is 73.1 Å². The molecule has 14 heavy (non-hydrogen) atoms. The van der Waals surface area contributed by atoms with Crippen LogP contribution in [-0.4, -0.2) is 0 Å². The van der Waals surface area contributed by atoms with Gasteiger partial charge in [0.15, 0.2) is 0 Å². The molecule has 0 heteroatoms. The van der Waals surface area contributed by atoms with Gasteiger partial charge in [-0.05, 0) is 25.2 Å². The Bertz CT molecular complexity index is 100. The Labute approximate surface area is 91.8 Å². The van der Waals surface area contributed by atoms with E-state index >= 15 is 0 Å². The maximum atomic E-state index is 3.36. The Kier molecular flexibility index (Phi) is 12.5. The Balaban J connectivity index is 0. The van der Waals surface area contributed by atoms with Gasteiger partial charge in [-0.25, -0.2) is 0 Å². The molecule has 0 aliphatic heterocycles. The summed E-state index contributed by atoms with van der Waals surface area (Å²) >= 11 is 0. The zero-order chi connectivity index (χ0) is 11.4. The predicted octanol–water partition coefficient (Wildman–Crippen LogP) is 5.59. The topological polar surface area (TPSA) is 0 Å². The average molecular weight is 198 g/mol. The lowest BCUT2D eigenvalue weighted by molar-refractivity contribution is 0.653. The van der Waals surface area contributed by atoms with Crippen LogP contribution in [0.1, 0.15) is 73.1 Å². The van der Waals surface area contributed by atoms with E-state index in [1.165, 1.54) is 38.5 Å². The molecule has 0 spiro atoms. The molecule has 2 fully saturated rings. The van der Waals surface area contributed by atoms with E-state index in [0.29, 0.717) is 0 Å². The number of hydrogen-bond donors (Lipinski definition) is 0. The van der Waals surface area contributed by atoms with Crippen molar-refractivity contribution in [1.82, 2.24) is 0 Å². The van der Waals surface area contributed by atoms with Crippen molar-refractivity contribution in [3.63, 3.8) is 0 Å². The SMILES string of the molecule is C1CC1.C=CC.CC1(C)CC1.CCC. The lowest BCUT2D eigenvalue weighted by Gasteiger charge is -1.86. The number of hydrogen-bond acceptors (Lipinski definition) is 0. The summed E-state index contributed by atoms with van der Waals surface area (Å²) < 4.78 is 0. The second kappa shape index (κ2) is 10.8. The molecule has 0 saturated heterocycles. The molecule has 0 bridgehead atoms. The highest BCUT2D eigenvalue weighted by molar-refractivity contribution is 4.82. The van der Waals surface area contributed by atoms with E-state index in [4.69, 9.17) is 0 Å². The van der Waals surface area contributed by atoms with Crippen molar-refractivity contribution in [1.29, 1.82) is 0 Å². The van der Waals surface area contributed by atoms with Gasteiger partial charge in [-0.2, -0.15) is 0 Å². The first-order valence-electron chi connectivity index (χ1n) is 6.11. The van der Waals surface area contributed by atoms with Crippen LogP contribution in [0.4, 0.5) is 0 Å². The van der Waals surface area contributed by atoms with Crippen LogP contribution in [0.3, 0.4) is 0 Å². The fourth-order valence-electron chi connectivity index (χ4n) is 0.250. The Hall–Kier alpha value is -0.260. The molecule has 0 unspecified atom stereocenters. The quantitative estimate of drug-likeness (QED) is 0.445. The van der Waals surface area contributed by atoms with E-state index in [1.807, 2.05) is 6.92 Å². The minimum Gasteiger partial charge on any atom is -0.103 e. The lowest BCUT2D eigenvalue weighted by atomic mass is 10.2. The van der Waals surface area contributed by atoms with Crippen molar-refractivity contribution < 1.29 is 0 Å². The van der Waals surface area contributed by atoms with Gasteiger partial charge in [0, 0.05) is 0 Å². The van der Waals surface area contributed by atoms with E-state index in [1.54, 1.807) is 6.08 Å². The standard InChI is InChI=1S/C5H10.C3H6.C3H8.C3H6/c1-5(2)3-4-5;1-2-3-1;2*1-3-2/h3-4H2,1-2H3;1-3H2;3H2,1-2H3;3H,1H2,2H3. The van der Waals surface area contributed by atoms with E-state index in [2.05, 4.69) is 34.3 Å². The van der Waals surface area contributed by atoms with Gasteiger partial charge < -0.3 is 0 Å². The molecule has 0 radical (unpaired) electrons. The Morgan fingerprint density at radius 2 is 1.21 bits per heavy atom. The highest BCUT2D eigenvalue weighted by atomic mass is 14.4. The lowest BCUT2D eigenvalue weighted by Crippen LogP contribution is -1.75. The van der Waals surface area contributed by atoms with Gasteiger partial charge in [0.25, 0.3) is 0 Å². The van der Waals surface area contributed by atoms with Crippen molar-refractivity contribution in [2.24, 2.45) is 5.41 Å². The van der Waals surface area contributed by atoms with Gasteiger partial charge in [0.05, 0.1) is 0 Å². The van der Waals surface area contributed by atoms with Gasteiger partial charge in [0.2, 0.25) is 0 Å². The normalized spacial score (nSPS) is 18.1. The van der Waals surface area contributed by atoms with Crippen LogP contribution < -0.4 is 0 Å². The van der Waals surface area contributed by atoms with E-state index in [-0.39, 0.29) is 0 Å². The summed E-state index contributed by atoms with van der Waals surface area (Å²) in [6.07, 6.45) is 10.4. The summed E-state index contributed by atoms with van der Waals surface area (Å²) in [5.41, 5.74) is 0.750. The summed E-state index contributed by atoms with van der Waals surface area (Å²) in [5, 5.41) is 0. The van der Waals surface area contributed by atoms with Crippen molar-refractivity contribution >= 4 is 0 Å². The molecule has 0 aromatic carbocycles. The van der Waals surface area contributed by atoms with E-state index in [9.17, 15) is 0 Å². The minimum absolute atomic E-state index is 0.750. The minimum atomic E-state index is 0.750. The Morgan fingerprint density at radius 1 is 1.07 bits per heavy atom. The van der Waals surface area contributed by atoms with Gasteiger partial charge >= 0.3 is 0 Å². The summed E-state index contributed by atoms with van der Waals surface area (Å²) in [4.78, 5) is 0. The third-order valence-electron chi connectivity index (χ3n) is 1.60. The van der Waals surface area contributed by atoms with Crippen LogP contribution >= 0.6 is 0 Å². The van der Waals surface area contributed by atoms with Crippen LogP contribution in [0.15, 0.2) is 12.7 Å². The summed E-state index contributed by atoms with van der Waals surface area (Å²) in [6.45, 7) is 14.1.